The number of nitrogens with one attached hydrogen (secondary N) is 1. The summed E-state index contributed by atoms with van der Waals surface area (Å²) >= 11 is 0. The minimum Gasteiger partial charge on any atom is -0.444 e. The molecule has 2 unspecified atom stereocenters. The molecule has 0 spiro atoms. The normalized spacial score (nSPS) is 19.1. The molecular formula is C31H40N2O6. The zero-order chi connectivity index (χ0) is 29.0. The van der Waals surface area contributed by atoms with Gasteiger partial charge in [-0.1, -0.05) is 48.5 Å². The molecule has 0 aromatic heterocycles. The van der Waals surface area contributed by atoms with Gasteiger partial charge in [0.05, 0.1) is 6.04 Å². The third-order valence-electron chi connectivity index (χ3n) is 5.78. The molecule has 1 heterocycles. The van der Waals surface area contributed by atoms with E-state index in [0.29, 0.717) is 5.69 Å². The van der Waals surface area contributed by atoms with E-state index in [4.69, 9.17) is 14.2 Å². The summed E-state index contributed by atoms with van der Waals surface area (Å²) in [5, 5.41) is 2.68. The summed E-state index contributed by atoms with van der Waals surface area (Å²) in [7, 11) is 0. The van der Waals surface area contributed by atoms with Gasteiger partial charge in [-0.3, -0.25) is 15.0 Å². The van der Waals surface area contributed by atoms with Gasteiger partial charge in [0, 0.05) is 12.1 Å². The molecule has 3 rings (SSSR count). The lowest BCUT2D eigenvalue weighted by atomic mass is 10.0. The molecule has 39 heavy (non-hydrogen) atoms. The number of hydrogen-bond donors (Lipinski definition) is 1. The fraction of sp³-hybridized carbons (Fsp3) is 0.452. The summed E-state index contributed by atoms with van der Waals surface area (Å²) in [5.74, 6) is -0.136. The number of hydrogen-bond acceptors (Lipinski definition) is 6. The van der Waals surface area contributed by atoms with Crippen molar-refractivity contribution in [1.29, 1.82) is 0 Å². The van der Waals surface area contributed by atoms with Crippen LogP contribution >= 0.6 is 0 Å². The summed E-state index contributed by atoms with van der Waals surface area (Å²) < 4.78 is 17.3. The maximum Gasteiger partial charge on any atom is 0.413 e. The number of allylic oxidation sites excluding steroid dienone is 1. The van der Waals surface area contributed by atoms with Crippen LogP contribution in [0.5, 0.6) is 0 Å². The predicted molar refractivity (Wildman–Crippen MR) is 150 cm³/mol. The molecule has 0 radical (unpaired) electrons. The van der Waals surface area contributed by atoms with E-state index in [-0.39, 0.29) is 12.2 Å². The van der Waals surface area contributed by atoms with Crippen molar-refractivity contribution >= 4 is 23.7 Å². The molecule has 1 aliphatic heterocycles. The van der Waals surface area contributed by atoms with E-state index in [1.807, 2.05) is 65.0 Å². The van der Waals surface area contributed by atoms with Gasteiger partial charge < -0.3 is 14.2 Å². The number of benzene rings is 2. The molecule has 1 N–H and O–H groups in total. The quantitative estimate of drug-likeness (QED) is 0.408. The second-order valence-electron chi connectivity index (χ2n) is 12.1. The zero-order valence-corrected chi connectivity index (χ0v) is 24.1. The van der Waals surface area contributed by atoms with Gasteiger partial charge in [0.1, 0.15) is 23.0 Å². The van der Waals surface area contributed by atoms with Crippen LogP contribution < -0.4 is 5.32 Å². The Hall–Kier alpha value is -3.65. The van der Waals surface area contributed by atoms with E-state index >= 15 is 0 Å². The second kappa shape index (κ2) is 11.6. The number of ketones is 1. The Morgan fingerprint density at radius 1 is 0.923 bits per heavy atom. The minimum atomic E-state index is -0.960. The fourth-order valence-corrected chi connectivity index (χ4v) is 4.27. The van der Waals surface area contributed by atoms with Crippen molar-refractivity contribution in [2.75, 3.05) is 5.32 Å². The van der Waals surface area contributed by atoms with Crippen molar-refractivity contribution in [2.45, 2.75) is 90.9 Å². The van der Waals surface area contributed by atoms with Crippen molar-refractivity contribution in [3.8, 4) is 0 Å². The summed E-state index contributed by atoms with van der Waals surface area (Å²) in [4.78, 5) is 39.7. The standard InChI is InChI=1S/C31H40N2O6/c1-29(2,3)38-27(35)32-23-16-14-21(15-17-23)20-24(34)18-19-25-26(22-12-10-9-11-13-22)37-31(7,8)33(25)28(36)39-30(4,5)6/h9-19,25-26H,20H2,1-8H3,(H,32,35). The number of ether oxygens (including phenoxy) is 3. The fourth-order valence-electron chi connectivity index (χ4n) is 4.27. The number of anilines is 1. The molecule has 1 fully saturated rings. The molecule has 0 bridgehead atoms. The Bertz CT molecular complexity index is 1190. The number of rotatable bonds is 6. The Morgan fingerprint density at radius 3 is 2.08 bits per heavy atom. The summed E-state index contributed by atoms with van der Waals surface area (Å²) in [6.45, 7) is 14.4. The molecule has 8 nitrogen and oxygen atoms in total. The smallest absolute Gasteiger partial charge is 0.413 e. The highest BCUT2D eigenvalue weighted by Gasteiger charge is 2.50. The van der Waals surface area contributed by atoms with Crippen LogP contribution in [0.2, 0.25) is 0 Å². The lowest BCUT2D eigenvalue weighted by Gasteiger charge is -2.34. The molecule has 8 heteroatoms. The molecule has 2 atom stereocenters. The predicted octanol–water partition coefficient (Wildman–Crippen LogP) is 6.81. The van der Waals surface area contributed by atoms with E-state index in [0.717, 1.165) is 11.1 Å². The highest BCUT2D eigenvalue weighted by atomic mass is 16.6. The van der Waals surface area contributed by atoms with Crippen LogP contribution in [0.1, 0.15) is 72.6 Å². The largest absolute Gasteiger partial charge is 0.444 e. The molecule has 1 saturated heterocycles. The van der Waals surface area contributed by atoms with Gasteiger partial charge in [-0.15, -0.1) is 0 Å². The van der Waals surface area contributed by atoms with Gasteiger partial charge in [-0.05, 0) is 84.7 Å². The number of amides is 2. The van der Waals surface area contributed by atoms with Gasteiger partial charge >= 0.3 is 12.2 Å². The van der Waals surface area contributed by atoms with E-state index in [9.17, 15) is 14.4 Å². The average Bonchev–Trinajstić information content (AvgIpc) is 3.07. The van der Waals surface area contributed by atoms with Gasteiger partial charge in [0.25, 0.3) is 0 Å². The van der Waals surface area contributed by atoms with Crippen LogP contribution in [0.4, 0.5) is 15.3 Å². The highest BCUT2D eigenvalue weighted by molar-refractivity contribution is 5.92. The average molecular weight is 537 g/mol. The van der Waals surface area contributed by atoms with E-state index in [2.05, 4.69) is 5.32 Å². The summed E-state index contributed by atoms with van der Waals surface area (Å²) in [6, 6.07) is 16.1. The maximum absolute atomic E-state index is 13.3. The van der Waals surface area contributed by atoms with Crippen LogP contribution in [0.15, 0.2) is 66.7 Å². The minimum absolute atomic E-state index is 0.136. The maximum atomic E-state index is 13.3. The first-order valence-corrected chi connectivity index (χ1v) is 13.1. The molecule has 1 aliphatic rings. The van der Waals surface area contributed by atoms with E-state index in [1.54, 1.807) is 56.0 Å². The molecule has 2 aromatic rings. The van der Waals surface area contributed by atoms with Gasteiger partial charge in [0.15, 0.2) is 5.78 Å². The Labute approximate surface area is 231 Å². The molecule has 2 aromatic carbocycles. The monoisotopic (exact) mass is 536 g/mol. The molecule has 2 amide bonds. The number of carbonyl (C=O) groups is 3. The van der Waals surface area contributed by atoms with Crippen LogP contribution in [0, 0.1) is 0 Å². The van der Waals surface area contributed by atoms with Crippen LogP contribution in [-0.2, 0) is 25.4 Å². The van der Waals surface area contributed by atoms with E-state index in [1.165, 1.54) is 6.08 Å². The van der Waals surface area contributed by atoms with E-state index < -0.39 is 41.3 Å². The lowest BCUT2D eigenvalue weighted by molar-refractivity contribution is -0.114. The van der Waals surface area contributed by atoms with Crippen molar-refractivity contribution in [1.82, 2.24) is 4.90 Å². The topological polar surface area (TPSA) is 94.2 Å². The third-order valence-corrected chi connectivity index (χ3v) is 5.78. The first kappa shape index (κ1) is 29.9. The number of nitrogens with zero attached hydrogens (tertiary/aromatic N) is 1. The van der Waals surface area contributed by atoms with Crippen molar-refractivity contribution in [3.63, 3.8) is 0 Å². The first-order chi connectivity index (χ1) is 18.0. The summed E-state index contributed by atoms with van der Waals surface area (Å²) in [5.41, 5.74) is 0.00333. The van der Waals surface area contributed by atoms with Crippen molar-refractivity contribution in [3.05, 3.63) is 77.9 Å². The first-order valence-electron chi connectivity index (χ1n) is 13.1. The summed E-state index contributed by atoms with van der Waals surface area (Å²) in [6.07, 6.45) is 1.84. The Balaban J connectivity index is 1.76. The SMILES string of the molecule is CC(C)(C)OC(=O)Nc1ccc(CC(=O)C=CC2C(c3ccccc3)OC(C)(C)N2C(=O)OC(C)(C)C)cc1. The molecular weight excluding hydrogens is 496 g/mol. The second-order valence-corrected chi connectivity index (χ2v) is 12.1. The van der Waals surface area contributed by atoms with Crippen molar-refractivity contribution in [2.24, 2.45) is 0 Å². The number of carbonyl (C=O) groups excluding carboxylic acids is 3. The third kappa shape index (κ3) is 8.68. The Kier molecular flexibility index (Phi) is 8.91. The molecule has 0 aliphatic carbocycles. The van der Waals surface area contributed by atoms with Gasteiger partial charge in [0.2, 0.25) is 0 Å². The van der Waals surface area contributed by atoms with Crippen molar-refractivity contribution < 1.29 is 28.6 Å². The lowest BCUT2D eigenvalue weighted by Crippen LogP contribution is -2.49. The van der Waals surface area contributed by atoms with Crippen LogP contribution in [0.25, 0.3) is 0 Å². The Morgan fingerprint density at radius 2 is 1.51 bits per heavy atom. The van der Waals surface area contributed by atoms with Crippen LogP contribution in [0.3, 0.4) is 0 Å². The van der Waals surface area contributed by atoms with Gasteiger partial charge in [-0.25, -0.2) is 9.59 Å². The van der Waals surface area contributed by atoms with Crippen LogP contribution in [-0.4, -0.2) is 45.8 Å². The highest BCUT2D eigenvalue weighted by Crippen LogP contribution is 2.42. The molecule has 210 valence electrons. The zero-order valence-electron chi connectivity index (χ0n) is 24.1. The molecule has 0 saturated carbocycles. The van der Waals surface area contributed by atoms with Gasteiger partial charge in [-0.2, -0.15) is 0 Å².